The maximum Gasteiger partial charge on any atom is 0.282 e. The molecule has 19 heavy (non-hydrogen) atoms. The summed E-state index contributed by atoms with van der Waals surface area (Å²) in [6, 6.07) is 0. The lowest BCUT2D eigenvalue weighted by Crippen LogP contribution is -2.35. The van der Waals surface area contributed by atoms with Crippen LogP contribution in [0, 0.1) is 24.0 Å². The first-order chi connectivity index (χ1) is 8.78. The van der Waals surface area contributed by atoms with Gasteiger partial charge in [-0.2, -0.15) is 0 Å². The average molecular weight is 275 g/mol. The molecular weight excluding hydrogens is 260 g/mol. The maximum absolute atomic E-state index is 12.8. The summed E-state index contributed by atoms with van der Waals surface area (Å²) < 4.78 is 25.6. The quantitative estimate of drug-likeness (QED) is 0.604. The standard InChI is InChI=1S/C11H15F2N3O3/c1-7-3-15-9(8(2)10(7)16(18)19)4-14-5-11(12,13)6-17/h3,14,17H,4-6H2,1-2H3. The van der Waals surface area contributed by atoms with Crippen LogP contribution in [0.3, 0.4) is 0 Å². The monoisotopic (exact) mass is 275 g/mol. The highest BCUT2D eigenvalue weighted by molar-refractivity contribution is 5.47. The van der Waals surface area contributed by atoms with Crippen LogP contribution in [-0.4, -0.2) is 34.1 Å². The normalized spacial score (nSPS) is 11.6. The Bertz CT molecular complexity index is 480. The summed E-state index contributed by atoms with van der Waals surface area (Å²) in [6.45, 7) is 1.10. The zero-order valence-corrected chi connectivity index (χ0v) is 10.6. The number of rotatable bonds is 6. The zero-order valence-electron chi connectivity index (χ0n) is 10.6. The fourth-order valence-corrected chi connectivity index (χ4v) is 1.64. The van der Waals surface area contributed by atoms with Crippen molar-refractivity contribution in [2.75, 3.05) is 13.2 Å². The fraction of sp³-hybridized carbons (Fsp3) is 0.545. The van der Waals surface area contributed by atoms with Crippen LogP contribution in [0.4, 0.5) is 14.5 Å². The molecular formula is C11H15F2N3O3. The van der Waals surface area contributed by atoms with Gasteiger partial charge in [-0.3, -0.25) is 15.1 Å². The molecule has 1 aromatic rings. The minimum atomic E-state index is -3.22. The number of aryl methyl sites for hydroxylation is 1. The third kappa shape index (κ3) is 3.90. The predicted molar refractivity (Wildman–Crippen MR) is 64.1 cm³/mol. The highest BCUT2D eigenvalue weighted by atomic mass is 19.3. The third-order valence-electron chi connectivity index (χ3n) is 2.67. The molecule has 0 spiro atoms. The Morgan fingerprint density at radius 2 is 2.16 bits per heavy atom. The molecule has 0 saturated heterocycles. The Hall–Kier alpha value is -1.67. The number of aliphatic hydroxyl groups excluding tert-OH is 1. The number of nitrogens with one attached hydrogen (secondary N) is 1. The van der Waals surface area contributed by atoms with Crippen molar-refractivity contribution in [1.29, 1.82) is 0 Å². The summed E-state index contributed by atoms with van der Waals surface area (Å²) in [4.78, 5) is 14.4. The first-order valence-corrected chi connectivity index (χ1v) is 5.57. The van der Waals surface area contributed by atoms with Gasteiger partial charge in [-0.05, 0) is 13.8 Å². The molecule has 0 unspecified atom stereocenters. The van der Waals surface area contributed by atoms with Crippen molar-refractivity contribution >= 4 is 5.69 Å². The molecule has 2 N–H and O–H groups in total. The maximum atomic E-state index is 12.8. The molecule has 0 aromatic carbocycles. The molecule has 8 heteroatoms. The van der Waals surface area contributed by atoms with Crippen LogP contribution < -0.4 is 5.32 Å². The highest BCUT2D eigenvalue weighted by Gasteiger charge is 2.27. The van der Waals surface area contributed by atoms with Crippen LogP contribution in [0.25, 0.3) is 0 Å². The molecule has 0 bridgehead atoms. The van der Waals surface area contributed by atoms with Gasteiger partial charge in [0.05, 0.1) is 17.2 Å². The lowest BCUT2D eigenvalue weighted by molar-refractivity contribution is -0.386. The van der Waals surface area contributed by atoms with E-state index >= 15 is 0 Å². The van der Waals surface area contributed by atoms with Crippen LogP contribution in [0.2, 0.25) is 0 Å². The minimum Gasteiger partial charge on any atom is -0.390 e. The average Bonchev–Trinajstić information content (AvgIpc) is 2.31. The molecule has 0 aliphatic rings. The van der Waals surface area contributed by atoms with Crippen molar-refractivity contribution in [3.8, 4) is 0 Å². The number of aromatic nitrogens is 1. The van der Waals surface area contributed by atoms with Gasteiger partial charge < -0.3 is 10.4 Å². The van der Waals surface area contributed by atoms with Crippen LogP contribution >= 0.6 is 0 Å². The van der Waals surface area contributed by atoms with E-state index in [1.54, 1.807) is 6.92 Å². The van der Waals surface area contributed by atoms with E-state index in [4.69, 9.17) is 5.11 Å². The number of hydrogen-bond donors (Lipinski definition) is 2. The van der Waals surface area contributed by atoms with Gasteiger partial charge in [0.1, 0.15) is 6.61 Å². The van der Waals surface area contributed by atoms with Crippen molar-refractivity contribution in [3.05, 3.63) is 33.1 Å². The number of alkyl halides is 2. The smallest absolute Gasteiger partial charge is 0.282 e. The summed E-state index contributed by atoms with van der Waals surface area (Å²) in [6.07, 6.45) is 1.34. The molecule has 0 atom stereocenters. The van der Waals surface area contributed by atoms with E-state index in [0.29, 0.717) is 16.8 Å². The number of nitrogens with zero attached hydrogens (tertiary/aromatic N) is 2. The zero-order chi connectivity index (χ0) is 14.6. The summed E-state index contributed by atoms with van der Waals surface area (Å²) >= 11 is 0. The second-order valence-electron chi connectivity index (χ2n) is 4.24. The second-order valence-corrected chi connectivity index (χ2v) is 4.24. The van der Waals surface area contributed by atoms with Crippen LogP contribution in [0.5, 0.6) is 0 Å². The van der Waals surface area contributed by atoms with Gasteiger partial charge in [0, 0.05) is 23.9 Å². The topological polar surface area (TPSA) is 88.3 Å². The van der Waals surface area contributed by atoms with E-state index in [2.05, 4.69) is 10.3 Å². The van der Waals surface area contributed by atoms with Gasteiger partial charge in [0.2, 0.25) is 0 Å². The Balaban J connectivity index is 2.81. The van der Waals surface area contributed by atoms with E-state index in [1.807, 2.05) is 0 Å². The Kier molecular flexibility index (Phi) is 4.84. The SMILES string of the molecule is Cc1cnc(CNCC(F)(F)CO)c(C)c1[N+](=O)[O-]. The van der Waals surface area contributed by atoms with E-state index in [1.165, 1.54) is 13.1 Å². The molecule has 0 amide bonds. The molecule has 6 nitrogen and oxygen atoms in total. The first kappa shape index (κ1) is 15.4. The summed E-state index contributed by atoms with van der Waals surface area (Å²) in [5, 5.41) is 21.7. The van der Waals surface area contributed by atoms with E-state index in [9.17, 15) is 18.9 Å². The number of nitro groups is 1. The summed E-state index contributed by atoms with van der Waals surface area (Å²) in [5.41, 5.74) is 1.06. The molecule has 1 rings (SSSR count). The van der Waals surface area contributed by atoms with Crippen LogP contribution in [0.15, 0.2) is 6.20 Å². The predicted octanol–water partition coefficient (Wildman–Crippen LogP) is 1.32. The van der Waals surface area contributed by atoms with Crippen molar-refractivity contribution in [2.24, 2.45) is 0 Å². The lowest BCUT2D eigenvalue weighted by Gasteiger charge is -2.14. The molecule has 0 saturated carbocycles. The van der Waals surface area contributed by atoms with Crippen molar-refractivity contribution in [3.63, 3.8) is 0 Å². The minimum absolute atomic E-state index is 0.0253. The van der Waals surface area contributed by atoms with Crippen molar-refractivity contribution < 1.29 is 18.8 Å². The van der Waals surface area contributed by atoms with E-state index < -0.39 is 24.0 Å². The number of hydrogen-bond acceptors (Lipinski definition) is 5. The fourth-order valence-electron chi connectivity index (χ4n) is 1.64. The van der Waals surface area contributed by atoms with E-state index in [-0.39, 0.29) is 12.2 Å². The van der Waals surface area contributed by atoms with Gasteiger partial charge >= 0.3 is 0 Å². The van der Waals surface area contributed by atoms with Gasteiger partial charge in [-0.15, -0.1) is 0 Å². The molecule has 106 valence electrons. The van der Waals surface area contributed by atoms with Crippen LogP contribution in [-0.2, 0) is 6.54 Å². The van der Waals surface area contributed by atoms with Crippen molar-refractivity contribution in [1.82, 2.24) is 10.3 Å². The second kappa shape index (κ2) is 5.98. The summed E-state index contributed by atoms with van der Waals surface area (Å²) in [5.74, 6) is -3.22. The van der Waals surface area contributed by atoms with E-state index in [0.717, 1.165) is 0 Å². The molecule has 0 aliphatic carbocycles. The lowest BCUT2D eigenvalue weighted by atomic mass is 10.1. The van der Waals surface area contributed by atoms with Gasteiger partial charge in [0.25, 0.3) is 11.6 Å². The Morgan fingerprint density at radius 3 is 2.68 bits per heavy atom. The first-order valence-electron chi connectivity index (χ1n) is 5.57. The molecule has 1 heterocycles. The summed E-state index contributed by atoms with van der Waals surface area (Å²) in [7, 11) is 0. The number of pyridine rings is 1. The number of aliphatic hydroxyl groups is 1. The molecule has 0 fully saturated rings. The van der Waals surface area contributed by atoms with Gasteiger partial charge in [-0.1, -0.05) is 0 Å². The van der Waals surface area contributed by atoms with Crippen molar-refractivity contribution in [2.45, 2.75) is 26.3 Å². The van der Waals surface area contributed by atoms with Crippen LogP contribution in [0.1, 0.15) is 16.8 Å². The third-order valence-corrected chi connectivity index (χ3v) is 2.67. The Morgan fingerprint density at radius 1 is 1.53 bits per heavy atom. The number of halogens is 2. The largest absolute Gasteiger partial charge is 0.390 e. The Labute approximate surface area is 108 Å². The molecule has 1 aromatic heterocycles. The highest BCUT2D eigenvalue weighted by Crippen LogP contribution is 2.24. The molecule has 0 aliphatic heterocycles. The van der Waals surface area contributed by atoms with Gasteiger partial charge in [0.15, 0.2) is 0 Å². The molecule has 0 radical (unpaired) electrons. The van der Waals surface area contributed by atoms with Gasteiger partial charge in [-0.25, -0.2) is 8.78 Å².